The van der Waals surface area contributed by atoms with Gasteiger partial charge in [0.15, 0.2) is 6.29 Å². The zero-order valence-electron chi connectivity index (χ0n) is 10.00. The third-order valence-corrected chi connectivity index (χ3v) is 3.34. The van der Waals surface area contributed by atoms with E-state index in [4.69, 9.17) is 0 Å². The fourth-order valence-corrected chi connectivity index (χ4v) is 2.23. The molecule has 2 heterocycles. The Hall–Kier alpha value is -1.40. The van der Waals surface area contributed by atoms with E-state index in [0.29, 0.717) is 0 Å². The number of hydrogen-bond acceptors (Lipinski definition) is 5. The summed E-state index contributed by atoms with van der Waals surface area (Å²) in [5.74, 6) is 0. The average molecular weight is 239 g/mol. The molecule has 1 aliphatic heterocycles. The van der Waals surface area contributed by atoms with Crippen LogP contribution >= 0.6 is 0 Å². The summed E-state index contributed by atoms with van der Waals surface area (Å²) < 4.78 is 0. The minimum atomic E-state index is -1.58. The number of nitrogens with zero attached hydrogens (tertiary/aromatic N) is 3. The number of aldehydes is 1. The molecule has 17 heavy (non-hydrogen) atoms. The van der Waals surface area contributed by atoms with Gasteiger partial charge in [-0.15, -0.1) is 0 Å². The van der Waals surface area contributed by atoms with Gasteiger partial charge in [0.05, 0.1) is 5.69 Å². The lowest BCUT2D eigenvalue weighted by Gasteiger charge is -2.23. The first-order valence-corrected chi connectivity index (χ1v) is 5.70. The van der Waals surface area contributed by atoms with E-state index >= 15 is 0 Å². The molecule has 94 valence electrons. The van der Waals surface area contributed by atoms with Gasteiger partial charge < -0.3 is 15.0 Å². The molecule has 0 aliphatic carbocycles. The van der Waals surface area contributed by atoms with Crippen LogP contribution in [0, 0.1) is 13.8 Å². The molecule has 0 bridgehead atoms. The second-order valence-electron chi connectivity index (χ2n) is 4.37. The highest BCUT2D eigenvalue weighted by Gasteiger charge is 2.28. The van der Waals surface area contributed by atoms with Crippen molar-refractivity contribution in [3.8, 4) is 0 Å². The molecule has 1 saturated heterocycles. The van der Waals surface area contributed by atoms with E-state index in [1.54, 1.807) is 11.7 Å². The highest BCUT2D eigenvalue weighted by atomic mass is 16.5. The van der Waals surface area contributed by atoms with Crippen LogP contribution in [0.4, 0.5) is 0 Å². The first-order chi connectivity index (χ1) is 8.06. The molecule has 0 aromatic carbocycles. The van der Waals surface area contributed by atoms with Crippen molar-refractivity contribution in [3.63, 3.8) is 0 Å². The molecule has 6 heteroatoms. The van der Waals surface area contributed by atoms with Crippen molar-refractivity contribution in [2.45, 2.75) is 39.0 Å². The zero-order valence-corrected chi connectivity index (χ0v) is 10.00. The molecule has 2 rings (SSSR count). The van der Waals surface area contributed by atoms with Crippen molar-refractivity contribution < 1.29 is 15.0 Å². The molecule has 0 unspecified atom stereocenters. The standard InChI is InChI=1S/C11H17N3O3/c1-7-8(2)14(12-10(7)11(16)17)13-5-3-4-9(13)6-15/h6,9,11,16-17H,3-5H2,1-2H3/t9-/m0/s1. The summed E-state index contributed by atoms with van der Waals surface area (Å²) in [5, 5.41) is 24.4. The molecule has 1 aromatic rings. The predicted octanol–water partition coefficient (Wildman–Crippen LogP) is -0.218. The fraction of sp³-hybridized carbons (Fsp3) is 0.636. The number of aromatic nitrogens is 2. The lowest BCUT2D eigenvalue weighted by Crippen LogP contribution is -2.41. The highest BCUT2D eigenvalue weighted by molar-refractivity contribution is 5.61. The van der Waals surface area contributed by atoms with Gasteiger partial charge in [0.1, 0.15) is 18.0 Å². The van der Waals surface area contributed by atoms with Gasteiger partial charge in [0.2, 0.25) is 0 Å². The van der Waals surface area contributed by atoms with Crippen molar-refractivity contribution in [2.24, 2.45) is 0 Å². The van der Waals surface area contributed by atoms with E-state index < -0.39 is 6.29 Å². The van der Waals surface area contributed by atoms with Gasteiger partial charge in [-0.2, -0.15) is 9.89 Å². The van der Waals surface area contributed by atoms with E-state index in [0.717, 1.165) is 36.9 Å². The SMILES string of the molecule is Cc1c(C(O)O)nn(N2CCC[C@H]2C=O)c1C. The summed E-state index contributed by atoms with van der Waals surface area (Å²) in [7, 11) is 0. The molecule has 0 spiro atoms. The van der Waals surface area contributed by atoms with Crippen LogP contribution < -0.4 is 5.01 Å². The summed E-state index contributed by atoms with van der Waals surface area (Å²) in [5.41, 5.74) is 1.83. The number of carbonyl (C=O) groups excluding carboxylic acids is 1. The summed E-state index contributed by atoms with van der Waals surface area (Å²) in [6, 6.07) is -0.170. The lowest BCUT2D eigenvalue weighted by atomic mass is 10.2. The van der Waals surface area contributed by atoms with Gasteiger partial charge in [-0.25, -0.2) is 0 Å². The largest absolute Gasteiger partial charge is 0.363 e. The average Bonchev–Trinajstić information content (AvgIpc) is 2.85. The Bertz CT molecular complexity index is 428. The highest BCUT2D eigenvalue weighted by Crippen LogP contribution is 2.21. The second-order valence-corrected chi connectivity index (χ2v) is 4.37. The topological polar surface area (TPSA) is 78.6 Å². The maximum Gasteiger partial charge on any atom is 0.198 e. The molecule has 1 atom stereocenters. The Morgan fingerprint density at radius 2 is 2.18 bits per heavy atom. The van der Waals surface area contributed by atoms with Crippen LogP contribution in [0.3, 0.4) is 0 Å². The smallest absolute Gasteiger partial charge is 0.198 e. The van der Waals surface area contributed by atoms with Gasteiger partial charge in [-0.1, -0.05) is 0 Å². The maximum absolute atomic E-state index is 10.9. The van der Waals surface area contributed by atoms with Crippen LogP contribution in [0.15, 0.2) is 0 Å². The minimum Gasteiger partial charge on any atom is -0.363 e. The predicted molar refractivity (Wildman–Crippen MR) is 61.0 cm³/mol. The zero-order chi connectivity index (χ0) is 12.6. The number of aliphatic hydroxyl groups is 2. The quantitative estimate of drug-likeness (QED) is 0.563. The van der Waals surface area contributed by atoms with Gasteiger partial charge >= 0.3 is 0 Å². The first-order valence-electron chi connectivity index (χ1n) is 5.70. The second kappa shape index (κ2) is 4.46. The normalized spacial score (nSPS) is 20.3. The van der Waals surface area contributed by atoms with Crippen LogP contribution in [0.25, 0.3) is 0 Å². The Morgan fingerprint density at radius 1 is 1.47 bits per heavy atom. The summed E-state index contributed by atoms with van der Waals surface area (Å²) in [6.45, 7) is 4.40. The van der Waals surface area contributed by atoms with Crippen LogP contribution in [-0.4, -0.2) is 39.0 Å². The van der Waals surface area contributed by atoms with Crippen molar-refractivity contribution >= 4 is 6.29 Å². The summed E-state index contributed by atoms with van der Waals surface area (Å²) in [4.78, 5) is 12.6. The van der Waals surface area contributed by atoms with E-state index in [9.17, 15) is 15.0 Å². The van der Waals surface area contributed by atoms with Crippen LogP contribution in [-0.2, 0) is 4.79 Å². The third kappa shape index (κ3) is 1.94. The molecule has 1 aliphatic rings. The van der Waals surface area contributed by atoms with Crippen LogP contribution in [0.1, 0.15) is 36.1 Å². The number of rotatable bonds is 3. The Balaban J connectivity index is 2.39. The Kier molecular flexibility index (Phi) is 3.17. The third-order valence-electron chi connectivity index (χ3n) is 3.34. The molecule has 0 amide bonds. The van der Waals surface area contributed by atoms with Crippen molar-refractivity contribution in [3.05, 3.63) is 17.0 Å². The van der Waals surface area contributed by atoms with E-state index in [1.165, 1.54) is 0 Å². The van der Waals surface area contributed by atoms with Gasteiger partial charge in [0.25, 0.3) is 0 Å². The van der Waals surface area contributed by atoms with Crippen molar-refractivity contribution in [1.29, 1.82) is 0 Å². The molecular weight excluding hydrogens is 222 g/mol. The number of hydrogen-bond donors (Lipinski definition) is 2. The number of carbonyl (C=O) groups is 1. The van der Waals surface area contributed by atoms with Crippen LogP contribution in [0.5, 0.6) is 0 Å². The summed E-state index contributed by atoms with van der Waals surface area (Å²) in [6.07, 6.45) is 1.10. The minimum absolute atomic E-state index is 0.170. The van der Waals surface area contributed by atoms with Crippen molar-refractivity contribution in [1.82, 2.24) is 9.89 Å². The molecule has 1 aromatic heterocycles. The molecule has 0 radical (unpaired) electrons. The monoisotopic (exact) mass is 239 g/mol. The van der Waals surface area contributed by atoms with Crippen molar-refractivity contribution in [2.75, 3.05) is 11.6 Å². The number of aliphatic hydroxyl groups excluding tert-OH is 1. The molecular formula is C11H17N3O3. The Labute approximate surface area is 99.4 Å². The molecule has 1 fully saturated rings. The van der Waals surface area contributed by atoms with Gasteiger partial charge in [-0.3, -0.25) is 5.01 Å². The van der Waals surface area contributed by atoms with E-state index in [-0.39, 0.29) is 11.7 Å². The Morgan fingerprint density at radius 3 is 2.71 bits per heavy atom. The van der Waals surface area contributed by atoms with Gasteiger partial charge in [0, 0.05) is 12.1 Å². The first kappa shape index (κ1) is 12.1. The maximum atomic E-state index is 10.9. The summed E-state index contributed by atoms with van der Waals surface area (Å²) >= 11 is 0. The van der Waals surface area contributed by atoms with E-state index in [2.05, 4.69) is 5.10 Å². The fourth-order valence-electron chi connectivity index (χ4n) is 2.23. The molecule has 6 nitrogen and oxygen atoms in total. The molecule has 2 N–H and O–H groups in total. The lowest BCUT2D eigenvalue weighted by molar-refractivity contribution is -0.109. The van der Waals surface area contributed by atoms with E-state index in [1.807, 2.05) is 11.9 Å². The molecule has 0 saturated carbocycles. The van der Waals surface area contributed by atoms with Gasteiger partial charge in [-0.05, 0) is 26.7 Å². The van der Waals surface area contributed by atoms with Crippen LogP contribution in [0.2, 0.25) is 0 Å².